The molecule has 1 aliphatic carbocycles. The zero-order valence-electron chi connectivity index (χ0n) is 13.4. The first kappa shape index (κ1) is 15.7. The summed E-state index contributed by atoms with van der Waals surface area (Å²) in [7, 11) is 4.90. The van der Waals surface area contributed by atoms with E-state index in [-0.39, 0.29) is 0 Å². The average Bonchev–Trinajstić information content (AvgIpc) is 3.34. The van der Waals surface area contributed by atoms with Crippen molar-refractivity contribution in [3.8, 4) is 17.2 Å². The average molecular weight is 291 g/mol. The van der Waals surface area contributed by atoms with Gasteiger partial charge in [-0.25, -0.2) is 0 Å². The van der Waals surface area contributed by atoms with Crippen LogP contribution in [0.15, 0.2) is 17.7 Å². The highest BCUT2D eigenvalue weighted by Gasteiger charge is 2.20. The maximum absolute atomic E-state index is 5.39. The van der Waals surface area contributed by atoms with E-state index >= 15 is 0 Å². The third-order valence-electron chi connectivity index (χ3n) is 3.71. The van der Waals surface area contributed by atoms with E-state index in [1.165, 1.54) is 18.4 Å². The quantitative estimate of drug-likeness (QED) is 0.798. The topological polar surface area (TPSA) is 39.7 Å². The van der Waals surface area contributed by atoms with Gasteiger partial charge in [0.15, 0.2) is 11.5 Å². The molecule has 0 aromatic heterocycles. The maximum Gasteiger partial charge on any atom is 0.203 e. The molecule has 116 valence electrons. The minimum atomic E-state index is 0.631. The molecule has 0 amide bonds. The van der Waals surface area contributed by atoms with Gasteiger partial charge >= 0.3 is 0 Å². The van der Waals surface area contributed by atoms with Gasteiger partial charge in [0, 0.05) is 12.6 Å². The summed E-state index contributed by atoms with van der Waals surface area (Å²) in [5.74, 6) is 2.01. The van der Waals surface area contributed by atoms with Crippen molar-refractivity contribution < 1.29 is 14.2 Å². The van der Waals surface area contributed by atoms with Gasteiger partial charge in [-0.2, -0.15) is 0 Å². The fourth-order valence-electron chi connectivity index (χ4n) is 2.26. The first-order valence-electron chi connectivity index (χ1n) is 7.44. The molecule has 1 saturated carbocycles. The Kier molecular flexibility index (Phi) is 5.51. The van der Waals surface area contributed by atoms with Gasteiger partial charge in [-0.05, 0) is 37.0 Å². The minimum absolute atomic E-state index is 0.631. The molecule has 1 N–H and O–H groups in total. The van der Waals surface area contributed by atoms with Gasteiger partial charge in [0.25, 0.3) is 0 Å². The van der Waals surface area contributed by atoms with E-state index in [4.69, 9.17) is 14.2 Å². The van der Waals surface area contributed by atoms with Gasteiger partial charge in [0.1, 0.15) is 0 Å². The zero-order chi connectivity index (χ0) is 15.2. The van der Waals surface area contributed by atoms with Crippen molar-refractivity contribution in [2.45, 2.75) is 32.2 Å². The lowest BCUT2D eigenvalue weighted by Crippen LogP contribution is -2.18. The van der Waals surface area contributed by atoms with Crippen molar-refractivity contribution in [1.82, 2.24) is 5.32 Å². The Morgan fingerprint density at radius 1 is 1.14 bits per heavy atom. The SMILES string of the molecule is CCC(=Cc1cc(OC)c(OC)c(OC)c1)CNC1CC1. The van der Waals surface area contributed by atoms with Crippen LogP contribution in [0.2, 0.25) is 0 Å². The van der Waals surface area contributed by atoms with Crippen LogP contribution in [0.3, 0.4) is 0 Å². The molecule has 4 nitrogen and oxygen atoms in total. The summed E-state index contributed by atoms with van der Waals surface area (Å²) in [4.78, 5) is 0. The van der Waals surface area contributed by atoms with Crippen LogP contribution in [0.4, 0.5) is 0 Å². The molecule has 21 heavy (non-hydrogen) atoms. The second-order valence-electron chi connectivity index (χ2n) is 5.27. The number of rotatable bonds is 8. The largest absolute Gasteiger partial charge is 0.493 e. The molecule has 4 heteroatoms. The van der Waals surface area contributed by atoms with Gasteiger partial charge < -0.3 is 19.5 Å². The highest BCUT2D eigenvalue weighted by atomic mass is 16.5. The van der Waals surface area contributed by atoms with E-state index in [2.05, 4.69) is 18.3 Å². The molecular formula is C17H25NO3. The summed E-state index contributed by atoms with van der Waals surface area (Å²) in [6.45, 7) is 3.12. The van der Waals surface area contributed by atoms with Crippen LogP contribution >= 0.6 is 0 Å². The van der Waals surface area contributed by atoms with Crippen molar-refractivity contribution in [3.63, 3.8) is 0 Å². The second kappa shape index (κ2) is 7.36. The monoisotopic (exact) mass is 291 g/mol. The number of benzene rings is 1. The van der Waals surface area contributed by atoms with Crippen molar-refractivity contribution >= 4 is 6.08 Å². The summed E-state index contributed by atoms with van der Waals surface area (Å²) in [5.41, 5.74) is 2.44. The molecule has 0 radical (unpaired) electrons. The Balaban J connectivity index is 2.23. The van der Waals surface area contributed by atoms with Crippen LogP contribution in [0.25, 0.3) is 6.08 Å². The van der Waals surface area contributed by atoms with E-state index in [1.807, 2.05) is 12.1 Å². The van der Waals surface area contributed by atoms with Gasteiger partial charge in [0.2, 0.25) is 5.75 Å². The molecule has 0 spiro atoms. The number of ether oxygens (including phenoxy) is 3. The van der Waals surface area contributed by atoms with Gasteiger partial charge in [0.05, 0.1) is 21.3 Å². The summed E-state index contributed by atoms with van der Waals surface area (Å²) in [5, 5.41) is 3.55. The van der Waals surface area contributed by atoms with Gasteiger partial charge in [-0.1, -0.05) is 18.6 Å². The van der Waals surface area contributed by atoms with Crippen LogP contribution in [0.1, 0.15) is 31.7 Å². The lowest BCUT2D eigenvalue weighted by atomic mass is 10.1. The van der Waals surface area contributed by atoms with Crippen LogP contribution in [-0.2, 0) is 0 Å². The van der Waals surface area contributed by atoms with Crippen LogP contribution < -0.4 is 19.5 Å². The summed E-state index contributed by atoms with van der Waals surface area (Å²) < 4.78 is 16.1. The van der Waals surface area contributed by atoms with Crippen molar-refractivity contribution in [2.75, 3.05) is 27.9 Å². The van der Waals surface area contributed by atoms with E-state index in [0.29, 0.717) is 17.2 Å². The predicted molar refractivity (Wildman–Crippen MR) is 85.4 cm³/mol. The van der Waals surface area contributed by atoms with E-state index < -0.39 is 0 Å². The van der Waals surface area contributed by atoms with Crippen LogP contribution in [-0.4, -0.2) is 33.9 Å². The van der Waals surface area contributed by atoms with Crippen molar-refractivity contribution in [3.05, 3.63) is 23.3 Å². The molecule has 1 fully saturated rings. The fraction of sp³-hybridized carbons (Fsp3) is 0.529. The lowest BCUT2D eigenvalue weighted by molar-refractivity contribution is 0.324. The third kappa shape index (κ3) is 4.14. The molecule has 1 aromatic carbocycles. The molecule has 1 aromatic rings. The molecule has 0 aliphatic heterocycles. The first-order valence-corrected chi connectivity index (χ1v) is 7.44. The summed E-state index contributed by atoms with van der Waals surface area (Å²) in [6.07, 6.45) is 5.83. The molecule has 0 bridgehead atoms. The number of nitrogens with one attached hydrogen (secondary N) is 1. The third-order valence-corrected chi connectivity index (χ3v) is 3.71. The Morgan fingerprint density at radius 3 is 2.19 bits per heavy atom. The zero-order valence-corrected chi connectivity index (χ0v) is 13.4. The number of hydrogen-bond donors (Lipinski definition) is 1. The summed E-state index contributed by atoms with van der Waals surface area (Å²) in [6, 6.07) is 4.68. The predicted octanol–water partition coefficient (Wildman–Crippen LogP) is 3.26. The van der Waals surface area contributed by atoms with E-state index in [0.717, 1.165) is 24.6 Å². The lowest BCUT2D eigenvalue weighted by Gasteiger charge is -2.13. The Bertz CT molecular complexity index is 482. The van der Waals surface area contributed by atoms with Gasteiger partial charge in [-0.3, -0.25) is 0 Å². The molecule has 0 heterocycles. The number of hydrogen-bond acceptors (Lipinski definition) is 4. The van der Waals surface area contributed by atoms with Crippen molar-refractivity contribution in [1.29, 1.82) is 0 Å². The summed E-state index contributed by atoms with van der Waals surface area (Å²) >= 11 is 0. The molecule has 0 atom stereocenters. The normalized spacial score (nSPS) is 15.0. The highest BCUT2D eigenvalue weighted by Crippen LogP contribution is 2.38. The highest BCUT2D eigenvalue weighted by molar-refractivity contribution is 5.63. The smallest absolute Gasteiger partial charge is 0.203 e. The van der Waals surface area contributed by atoms with Gasteiger partial charge in [-0.15, -0.1) is 0 Å². The fourth-order valence-corrected chi connectivity index (χ4v) is 2.26. The molecule has 2 rings (SSSR count). The Labute approximate surface area is 127 Å². The Morgan fingerprint density at radius 2 is 1.76 bits per heavy atom. The Hall–Kier alpha value is -1.68. The van der Waals surface area contributed by atoms with Crippen molar-refractivity contribution in [2.24, 2.45) is 0 Å². The molecular weight excluding hydrogens is 266 g/mol. The minimum Gasteiger partial charge on any atom is -0.493 e. The second-order valence-corrected chi connectivity index (χ2v) is 5.27. The first-order chi connectivity index (χ1) is 10.2. The van der Waals surface area contributed by atoms with Crippen LogP contribution in [0, 0.1) is 0 Å². The molecule has 0 unspecified atom stereocenters. The van der Waals surface area contributed by atoms with E-state index in [1.54, 1.807) is 21.3 Å². The molecule has 0 saturated heterocycles. The molecule has 1 aliphatic rings. The maximum atomic E-state index is 5.39. The van der Waals surface area contributed by atoms with Crippen LogP contribution in [0.5, 0.6) is 17.2 Å². The van der Waals surface area contributed by atoms with E-state index in [9.17, 15) is 0 Å². The standard InChI is InChI=1S/C17H25NO3/c1-5-12(11-18-14-6-7-14)8-13-9-15(19-2)17(21-4)16(10-13)20-3/h8-10,14,18H,5-7,11H2,1-4H3. The number of methoxy groups -OCH3 is 3.